The first kappa shape index (κ1) is 21.7. The van der Waals surface area contributed by atoms with Gasteiger partial charge in [-0.2, -0.15) is 0 Å². The highest BCUT2D eigenvalue weighted by atomic mass is 19.1. The number of rotatable bonds is 6. The average molecular weight is 466 g/mol. The summed E-state index contributed by atoms with van der Waals surface area (Å²) in [5.74, 6) is 0.122. The van der Waals surface area contributed by atoms with Gasteiger partial charge in [-0.1, -0.05) is 12.1 Å². The lowest BCUT2D eigenvalue weighted by Gasteiger charge is -2.58. The van der Waals surface area contributed by atoms with Crippen molar-refractivity contribution in [2.75, 3.05) is 13.2 Å². The number of ketones is 1. The second kappa shape index (κ2) is 8.17. The van der Waals surface area contributed by atoms with E-state index in [1.54, 1.807) is 18.2 Å². The Morgan fingerprint density at radius 3 is 2.41 bits per heavy atom. The molecule has 6 nitrogen and oxygen atoms in total. The molecule has 178 valence electrons. The molecule has 4 aliphatic carbocycles. The van der Waals surface area contributed by atoms with Gasteiger partial charge in [-0.05, 0) is 80.2 Å². The highest BCUT2D eigenvalue weighted by molar-refractivity contribution is 6.10. The maximum atomic E-state index is 14.2. The Morgan fingerprint density at radius 1 is 1.03 bits per heavy atom. The lowest BCUT2D eigenvalue weighted by Crippen LogP contribution is -2.61. The molecule has 7 rings (SSSR count). The Hall–Kier alpha value is -2.77. The van der Waals surface area contributed by atoms with Crippen molar-refractivity contribution in [1.29, 1.82) is 0 Å². The molecule has 1 aliphatic heterocycles. The Morgan fingerprint density at radius 2 is 1.76 bits per heavy atom. The molecule has 2 atom stereocenters. The lowest BCUT2D eigenvalue weighted by molar-refractivity contribution is -0.137. The molecular weight excluding hydrogens is 437 g/mol. The van der Waals surface area contributed by atoms with E-state index in [1.165, 1.54) is 24.3 Å². The molecule has 0 spiro atoms. The van der Waals surface area contributed by atoms with Crippen molar-refractivity contribution < 1.29 is 28.6 Å². The molecule has 1 heterocycles. The van der Waals surface area contributed by atoms with Gasteiger partial charge in [0.15, 0.2) is 5.78 Å². The molecule has 1 amide bonds. The van der Waals surface area contributed by atoms with Crippen LogP contribution in [0.2, 0.25) is 0 Å². The smallest absolute Gasteiger partial charge is 0.255 e. The molecule has 2 aromatic carbocycles. The summed E-state index contributed by atoms with van der Waals surface area (Å²) in [7, 11) is 0. The van der Waals surface area contributed by atoms with Crippen LogP contribution in [0.15, 0.2) is 42.5 Å². The monoisotopic (exact) mass is 465 g/mol. The maximum absolute atomic E-state index is 14.2. The van der Waals surface area contributed by atoms with Gasteiger partial charge in [0, 0.05) is 11.6 Å². The largest absolute Gasteiger partial charge is 0.485 e. The predicted octanol–water partition coefficient (Wildman–Crippen LogP) is 3.50. The zero-order valence-electron chi connectivity index (χ0n) is 18.8. The predicted molar refractivity (Wildman–Crippen MR) is 121 cm³/mol. The van der Waals surface area contributed by atoms with E-state index >= 15 is 0 Å². The summed E-state index contributed by atoms with van der Waals surface area (Å²) in [6.45, 7) is 0.832. The summed E-state index contributed by atoms with van der Waals surface area (Å²) < 4.78 is 25.4. The van der Waals surface area contributed by atoms with Crippen molar-refractivity contribution in [2.45, 2.75) is 49.9 Å². The SMILES string of the molecule is O=C(c1ccc(C(=O)NC2C3CC4CC2CC(O)(C4)C3)c(OC2COC2)c1)c1ccccc1F. The number of carbonyl (C=O) groups excluding carboxylic acids is 2. The fourth-order valence-corrected chi connectivity index (χ4v) is 6.66. The molecule has 2 unspecified atom stereocenters. The maximum Gasteiger partial charge on any atom is 0.255 e. The van der Waals surface area contributed by atoms with Crippen LogP contribution < -0.4 is 10.1 Å². The fourth-order valence-electron chi connectivity index (χ4n) is 6.66. The summed E-state index contributed by atoms with van der Waals surface area (Å²) in [6, 6.07) is 10.5. The molecule has 2 aromatic rings. The second-order valence-corrected chi connectivity index (χ2v) is 10.5. The first-order chi connectivity index (χ1) is 16.4. The third-order valence-corrected chi connectivity index (χ3v) is 8.05. The van der Waals surface area contributed by atoms with Crippen LogP contribution in [-0.2, 0) is 4.74 Å². The van der Waals surface area contributed by atoms with Crippen LogP contribution in [0.25, 0.3) is 0 Å². The van der Waals surface area contributed by atoms with Crippen LogP contribution >= 0.6 is 0 Å². The molecule has 5 aliphatic rings. The number of hydrogen-bond donors (Lipinski definition) is 2. The minimum absolute atomic E-state index is 0.0239. The number of hydrogen-bond acceptors (Lipinski definition) is 5. The summed E-state index contributed by atoms with van der Waals surface area (Å²) in [5.41, 5.74) is 0.0210. The van der Waals surface area contributed by atoms with Crippen molar-refractivity contribution in [3.8, 4) is 5.75 Å². The Bertz CT molecular complexity index is 1130. The van der Waals surface area contributed by atoms with Gasteiger partial charge in [-0.25, -0.2) is 4.39 Å². The molecule has 2 N–H and O–H groups in total. The van der Waals surface area contributed by atoms with E-state index in [0.29, 0.717) is 30.4 Å². The lowest BCUT2D eigenvalue weighted by atomic mass is 9.52. The van der Waals surface area contributed by atoms with E-state index in [4.69, 9.17) is 9.47 Å². The Labute approximate surface area is 197 Å². The first-order valence-electron chi connectivity index (χ1n) is 12.1. The summed E-state index contributed by atoms with van der Waals surface area (Å²) in [5, 5.41) is 14.1. The number of nitrogens with one attached hydrogen (secondary N) is 1. The third-order valence-electron chi connectivity index (χ3n) is 8.05. The third kappa shape index (κ3) is 3.81. The van der Waals surface area contributed by atoms with Gasteiger partial charge in [-0.3, -0.25) is 9.59 Å². The van der Waals surface area contributed by atoms with Gasteiger partial charge in [0.2, 0.25) is 0 Å². The number of ether oxygens (including phenoxy) is 2. The second-order valence-electron chi connectivity index (χ2n) is 10.5. The van der Waals surface area contributed by atoms with Gasteiger partial charge in [0.1, 0.15) is 17.7 Å². The summed E-state index contributed by atoms with van der Waals surface area (Å²) >= 11 is 0. The zero-order valence-corrected chi connectivity index (χ0v) is 18.8. The Kier molecular flexibility index (Phi) is 5.22. The van der Waals surface area contributed by atoms with Crippen LogP contribution in [0.1, 0.15) is 58.4 Å². The van der Waals surface area contributed by atoms with Crippen LogP contribution in [0.3, 0.4) is 0 Å². The number of aliphatic hydroxyl groups is 1. The van der Waals surface area contributed by atoms with E-state index in [2.05, 4.69) is 5.32 Å². The van der Waals surface area contributed by atoms with Crippen LogP contribution in [-0.4, -0.2) is 47.8 Å². The Balaban J connectivity index is 1.26. The number of carbonyl (C=O) groups is 2. The molecule has 5 fully saturated rings. The summed E-state index contributed by atoms with van der Waals surface area (Å²) in [4.78, 5) is 26.3. The molecular formula is C27H28FNO5. The topological polar surface area (TPSA) is 84.9 Å². The normalized spacial score (nSPS) is 31.7. The standard InChI is InChI=1S/C27H28FNO5/c28-22-4-2-1-3-20(22)25(30)16-5-6-21(23(9-16)34-19-13-33-14-19)26(31)29-24-17-7-15-8-18(24)12-27(32,10-15)11-17/h1-6,9,15,17-19,24,32H,7-8,10-14H2,(H,29,31). The van der Waals surface area contributed by atoms with Gasteiger partial charge < -0.3 is 19.9 Å². The molecule has 4 saturated carbocycles. The van der Waals surface area contributed by atoms with Crippen LogP contribution in [0.5, 0.6) is 5.75 Å². The van der Waals surface area contributed by atoms with Gasteiger partial charge in [-0.15, -0.1) is 0 Å². The van der Waals surface area contributed by atoms with E-state index < -0.39 is 17.2 Å². The van der Waals surface area contributed by atoms with Crippen molar-refractivity contribution in [3.63, 3.8) is 0 Å². The highest BCUT2D eigenvalue weighted by Crippen LogP contribution is 2.55. The quantitative estimate of drug-likeness (QED) is 0.638. The number of halogens is 1. The highest BCUT2D eigenvalue weighted by Gasteiger charge is 2.55. The first-order valence-corrected chi connectivity index (χ1v) is 12.1. The number of amides is 1. The van der Waals surface area contributed by atoms with E-state index in [-0.39, 0.29) is 41.0 Å². The molecule has 34 heavy (non-hydrogen) atoms. The minimum Gasteiger partial charge on any atom is -0.485 e. The average Bonchev–Trinajstić information content (AvgIpc) is 2.77. The number of benzene rings is 2. The van der Waals surface area contributed by atoms with Crippen molar-refractivity contribution >= 4 is 11.7 Å². The van der Waals surface area contributed by atoms with Gasteiger partial charge in [0.25, 0.3) is 5.91 Å². The molecule has 7 heteroatoms. The summed E-state index contributed by atoms with van der Waals surface area (Å²) in [6.07, 6.45) is 4.26. The van der Waals surface area contributed by atoms with Crippen LogP contribution in [0, 0.1) is 23.6 Å². The molecule has 0 aromatic heterocycles. The van der Waals surface area contributed by atoms with Crippen molar-refractivity contribution in [2.24, 2.45) is 17.8 Å². The van der Waals surface area contributed by atoms with Gasteiger partial charge >= 0.3 is 0 Å². The van der Waals surface area contributed by atoms with E-state index in [1.807, 2.05) is 0 Å². The zero-order chi connectivity index (χ0) is 23.4. The van der Waals surface area contributed by atoms with Crippen molar-refractivity contribution in [3.05, 3.63) is 65.0 Å². The van der Waals surface area contributed by atoms with Gasteiger partial charge in [0.05, 0.1) is 29.9 Å². The van der Waals surface area contributed by atoms with E-state index in [0.717, 1.165) is 32.1 Å². The fraction of sp³-hybridized carbons (Fsp3) is 0.481. The van der Waals surface area contributed by atoms with Crippen LogP contribution in [0.4, 0.5) is 4.39 Å². The molecule has 4 bridgehead atoms. The van der Waals surface area contributed by atoms with Crippen molar-refractivity contribution in [1.82, 2.24) is 5.32 Å². The van der Waals surface area contributed by atoms with E-state index in [9.17, 15) is 19.1 Å². The molecule has 1 saturated heterocycles. The minimum atomic E-state index is -0.590. The molecule has 0 radical (unpaired) electrons.